The van der Waals surface area contributed by atoms with E-state index in [1.165, 1.54) is 116 Å². The van der Waals surface area contributed by atoms with Gasteiger partial charge < -0.3 is 15.2 Å². The van der Waals surface area contributed by atoms with Crippen LogP contribution < -0.4 is 5.73 Å². The van der Waals surface area contributed by atoms with E-state index in [0.29, 0.717) is 12.8 Å². The van der Waals surface area contributed by atoms with E-state index in [1.54, 1.807) is 0 Å². The predicted octanol–water partition coefficient (Wildman–Crippen LogP) is 10.2. The van der Waals surface area contributed by atoms with Crippen molar-refractivity contribution < 1.29 is 28.2 Å². The van der Waals surface area contributed by atoms with Crippen LogP contribution >= 0.6 is 8.69 Å². The summed E-state index contributed by atoms with van der Waals surface area (Å²) in [6.45, 7) is 2.94. The number of carbonyl (C=O) groups is 2. The molecule has 0 heterocycles. The normalized spacial score (nSPS) is 12.0. The maximum absolute atomic E-state index is 12.3. The molecule has 8 heteroatoms. The number of rotatable bonds is 34. The Morgan fingerprint density at radius 1 is 0.548 bits per heavy atom. The highest BCUT2D eigenvalue weighted by molar-refractivity contribution is 7.17. The molecule has 0 aliphatic heterocycles. The number of nitrogens with two attached hydrogens (primary N) is 1. The third kappa shape index (κ3) is 31.9. The highest BCUT2D eigenvalue weighted by atomic mass is 31.1. The Labute approximate surface area is 260 Å². The third-order valence-electron chi connectivity index (χ3n) is 7.86. The molecular formula is C34H66NO6P. The number of unbranched alkanes of at least 4 members (excludes halogenated alkanes) is 23. The van der Waals surface area contributed by atoms with Gasteiger partial charge in [0, 0.05) is 12.8 Å². The average Bonchev–Trinajstić information content (AvgIpc) is 2.99. The molecule has 0 unspecified atom stereocenters. The van der Waals surface area contributed by atoms with Crippen LogP contribution in [0.1, 0.15) is 180 Å². The van der Waals surface area contributed by atoms with E-state index in [-0.39, 0.29) is 25.2 Å². The number of carbonyl (C=O) groups excluding carboxylic acids is 2. The molecule has 0 aromatic rings. The van der Waals surface area contributed by atoms with E-state index in [9.17, 15) is 14.2 Å². The highest BCUT2D eigenvalue weighted by Gasteiger charge is 2.17. The fraction of sp³-hybridized carbons (Fsp3) is 0.941. The standard InChI is InChI=1S/C34H66NO6P/c1-2-3-4-5-6-7-8-9-13-16-19-22-25-28-34(37)41-32(31-40-42-38)30-39-33(36)27-24-21-18-15-12-10-11-14-17-20-23-26-29-35/h32H,2-31,35H2,1H3/t32-/m1/s1. The van der Waals surface area contributed by atoms with Crippen molar-refractivity contribution in [3.8, 4) is 0 Å². The van der Waals surface area contributed by atoms with Gasteiger partial charge in [-0.1, -0.05) is 148 Å². The lowest BCUT2D eigenvalue weighted by molar-refractivity contribution is -0.160. The first-order valence-corrected chi connectivity index (χ1v) is 18.4. The molecule has 0 rings (SSSR count). The van der Waals surface area contributed by atoms with E-state index >= 15 is 0 Å². The number of hydrogen-bond acceptors (Lipinski definition) is 7. The lowest BCUT2D eigenvalue weighted by Gasteiger charge is -2.16. The van der Waals surface area contributed by atoms with Gasteiger partial charge >= 0.3 is 20.6 Å². The first kappa shape index (κ1) is 41.0. The van der Waals surface area contributed by atoms with Crippen molar-refractivity contribution in [3.63, 3.8) is 0 Å². The summed E-state index contributed by atoms with van der Waals surface area (Å²) in [6.07, 6.45) is 30.6. The molecule has 7 nitrogen and oxygen atoms in total. The molecule has 0 radical (unpaired) electrons. The Morgan fingerprint density at radius 2 is 0.929 bits per heavy atom. The van der Waals surface area contributed by atoms with Crippen molar-refractivity contribution >= 4 is 20.6 Å². The van der Waals surface area contributed by atoms with E-state index in [2.05, 4.69) is 6.92 Å². The minimum atomic E-state index is -0.731. The molecule has 0 bridgehead atoms. The maximum Gasteiger partial charge on any atom is 0.327 e. The average molecular weight is 616 g/mol. The van der Waals surface area contributed by atoms with Gasteiger partial charge in [0.1, 0.15) is 13.2 Å². The van der Waals surface area contributed by atoms with Gasteiger partial charge in [-0.05, 0) is 25.8 Å². The Bertz CT molecular complexity index is 607. The largest absolute Gasteiger partial charge is 0.462 e. The molecule has 0 saturated heterocycles. The van der Waals surface area contributed by atoms with Gasteiger partial charge in [-0.15, -0.1) is 0 Å². The van der Waals surface area contributed by atoms with Gasteiger partial charge in [-0.3, -0.25) is 14.1 Å². The molecule has 0 aromatic carbocycles. The number of ether oxygens (including phenoxy) is 2. The Kier molecular flexibility index (Phi) is 33.6. The molecule has 0 aliphatic carbocycles. The number of esters is 2. The van der Waals surface area contributed by atoms with Gasteiger partial charge in [0.2, 0.25) is 0 Å². The molecule has 248 valence electrons. The van der Waals surface area contributed by atoms with Crippen molar-refractivity contribution in [3.05, 3.63) is 0 Å². The zero-order chi connectivity index (χ0) is 30.8. The summed E-state index contributed by atoms with van der Waals surface area (Å²) in [5.74, 6) is -0.612. The topological polar surface area (TPSA) is 105 Å². The monoisotopic (exact) mass is 615 g/mol. The SMILES string of the molecule is CCCCCCCCCCCCCCCC(=O)O[C@@H](COP=O)COC(=O)CCCCCCCCCCCCCCN. The molecule has 0 saturated carbocycles. The van der Waals surface area contributed by atoms with Crippen LogP contribution in [0.3, 0.4) is 0 Å². The van der Waals surface area contributed by atoms with Gasteiger partial charge in [0.05, 0.1) is 0 Å². The molecule has 0 fully saturated rings. The summed E-state index contributed by atoms with van der Waals surface area (Å²) in [6, 6.07) is 0. The maximum atomic E-state index is 12.3. The molecular weight excluding hydrogens is 549 g/mol. The third-order valence-corrected chi connectivity index (χ3v) is 8.12. The van der Waals surface area contributed by atoms with Crippen LogP contribution in [-0.2, 0) is 28.2 Å². The van der Waals surface area contributed by atoms with E-state index in [0.717, 1.165) is 51.5 Å². The van der Waals surface area contributed by atoms with Crippen molar-refractivity contribution in [2.45, 2.75) is 186 Å². The molecule has 0 amide bonds. The fourth-order valence-corrected chi connectivity index (χ4v) is 5.43. The summed E-state index contributed by atoms with van der Waals surface area (Å²) < 4.78 is 26.4. The van der Waals surface area contributed by atoms with Gasteiger partial charge in [0.25, 0.3) is 0 Å². The molecule has 2 N–H and O–H groups in total. The van der Waals surface area contributed by atoms with Crippen molar-refractivity contribution in [1.29, 1.82) is 0 Å². The highest BCUT2D eigenvalue weighted by Crippen LogP contribution is 2.15. The first-order chi connectivity index (χ1) is 20.6. The Hall–Kier alpha value is -1.04. The van der Waals surface area contributed by atoms with Gasteiger partial charge in [-0.2, -0.15) is 0 Å². The van der Waals surface area contributed by atoms with Crippen LogP contribution in [0.5, 0.6) is 0 Å². The van der Waals surface area contributed by atoms with Crippen LogP contribution in [0.15, 0.2) is 0 Å². The van der Waals surface area contributed by atoms with Crippen LogP contribution in [0, 0.1) is 0 Å². The second kappa shape index (κ2) is 34.5. The summed E-state index contributed by atoms with van der Waals surface area (Å²) in [5.41, 5.74) is 5.52. The van der Waals surface area contributed by atoms with Gasteiger partial charge in [-0.25, -0.2) is 4.57 Å². The lowest BCUT2D eigenvalue weighted by Crippen LogP contribution is -2.28. The van der Waals surface area contributed by atoms with E-state index in [1.807, 2.05) is 0 Å². The lowest BCUT2D eigenvalue weighted by atomic mass is 10.0. The van der Waals surface area contributed by atoms with Crippen molar-refractivity contribution in [2.75, 3.05) is 19.8 Å². The van der Waals surface area contributed by atoms with Crippen LogP contribution in [0.25, 0.3) is 0 Å². The van der Waals surface area contributed by atoms with E-state index < -0.39 is 14.8 Å². The van der Waals surface area contributed by atoms with E-state index in [4.69, 9.17) is 19.7 Å². The molecule has 42 heavy (non-hydrogen) atoms. The fourth-order valence-electron chi connectivity index (χ4n) is 5.20. The summed E-state index contributed by atoms with van der Waals surface area (Å²) in [4.78, 5) is 24.4. The minimum Gasteiger partial charge on any atom is -0.462 e. The Morgan fingerprint density at radius 3 is 1.33 bits per heavy atom. The molecule has 0 spiro atoms. The summed E-state index contributed by atoms with van der Waals surface area (Å²) in [7, 11) is -0.484. The zero-order valence-electron chi connectivity index (χ0n) is 27.3. The number of hydrogen-bond donors (Lipinski definition) is 1. The molecule has 0 aliphatic rings. The second-order valence-electron chi connectivity index (χ2n) is 11.9. The van der Waals surface area contributed by atoms with Gasteiger partial charge in [0.15, 0.2) is 6.10 Å². The quantitative estimate of drug-likeness (QED) is 0.0436. The van der Waals surface area contributed by atoms with Crippen molar-refractivity contribution in [1.82, 2.24) is 0 Å². The zero-order valence-corrected chi connectivity index (χ0v) is 28.2. The first-order valence-electron chi connectivity index (χ1n) is 17.6. The predicted molar refractivity (Wildman–Crippen MR) is 174 cm³/mol. The minimum absolute atomic E-state index is 0.0591. The second-order valence-corrected chi connectivity index (χ2v) is 12.3. The Balaban J connectivity index is 3.74. The molecule has 0 aromatic heterocycles. The van der Waals surface area contributed by atoms with Crippen molar-refractivity contribution in [2.24, 2.45) is 5.73 Å². The van der Waals surface area contributed by atoms with Crippen LogP contribution in [0.2, 0.25) is 0 Å². The smallest absolute Gasteiger partial charge is 0.327 e. The summed E-state index contributed by atoms with van der Waals surface area (Å²) in [5, 5.41) is 0. The summed E-state index contributed by atoms with van der Waals surface area (Å²) >= 11 is 0. The van der Waals surface area contributed by atoms with Crippen LogP contribution in [-0.4, -0.2) is 37.8 Å². The molecule has 1 atom stereocenters. The van der Waals surface area contributed by atoms with Crippen LogP contribution in [0.4, 0.5) is 0 Å².